The first-order chi connectivity index (χ1) is 13.0. The van der Waals surface area contributed by atoms with E-state index in [2.05, 4.69) is 18.0 Å². The SMILES string of the molecule is CCCCCCCCCCCC(CCCCCCCCC)COS(=O)(=O)O. The molecule has 0 saturated heterocycles. The molecule has 0 aromatic carbocycles. The van der Waals surface area contributed by atoms with Crippen LogP contribution in [0.1, 0.15) is 129 Å². The van der Waals surface area contributed by atoms with Gasteiger partial charge in [-0.15, -0.1) is 0 Å². The summed E-state index contributed by atoms with van der Waals surface area (Å²) in [6.07, 6.45) is 22.5. The monoisotopic (exact) mass is 406 g/mol. The van der Waals surface area contributed by atoms with Gasteiger partial charge in [-0.05, 0) is 18.8 Å². The van der Waals surface area contributed by atoms with Gasteiger partial charge in [0.25, 0.3) is 0 Å². The maximum atomic E-state index is 10.9. The van der Waals surface area contributed by atoms with Crippen LogP contribution in [-0.2, 0) is 14.6 Å². The largest absolute Gasteiger partial charge is 0.397 e. The van der Waals surface area contributed by atoms with E-state index in [0.717, 1.165) is 25.7 Å². The van der Waals surface area contributed by atoms with Crippen LogP contribution in [0.15, 0.2) is 0 Å². The van der Waals surface area contributed by atoms with E-state index in [0.29, 0.717) is 0 Å². The van der Waals surface area contributed by atoms with Crippen molar-refractivity contribution in [2.75, 3.05) is 6.61 Å². The number of unbranched alkanes of at least 4 members (excludes halogenated alkanes) is 14. The molecule has 0 amide bonds. The molecule has 0 heterocycles. The number of hydrogen-bond donors (Lipinski definition) is 1. The quantitative estimate of drug-likeness (QED) is 0.158. The standard InChI is InChI=1S/C22H46O4S/c1-3-5-7-9-11-12-14-16-18-20-22(21-26-27(23,24)25)19-17-15-13-10-8-6-4-2/h22H,3-21H2,1-2H3,(H,23,24,25). The highest BCUT2D eigenvalue weighted by Crippen LogP contribution is 2.20. The lowest BCUT2D eigenvalue weighted by atomic mass is 9.95. The van der Waals surface area contributed by atoms with Crippen LogP contribution < -0.4 is 0 Å². The van der Waals surface area contributed by atoms with Gasteiger partial charge in [-0.25, -0.2) is 4.18 Å². The molecule has 0 aliphatic carbocycles. The van der Waals surface area contributed by atoms with Gasteiger partial charge in [0.1, 0.15) is 0 Å². The Labute approximate surface area is 169 Å². The molecular weight excluding hydrogens is 360 g/mol. The van der Waals surface area contributed by atoms with Gasteiger partial charge >= 0.3 is 10.4 Å². The second kappa shape index (κ2) is 19.2. The van der Waals surface area contributed by atoms with Gasteiger partial charge in [-0.3, -0.25) is 4.55 Å². The Morgan fingerprint density at radius 3 is 1.30 bits per heavy atom. The fraction of sp³-hybridized carbons (Fsp3) is 1.00. The van der Waals surface area contributed by atoms with Crippen LogP contribution in [0.2, 0.25) is 0 Å². The molecule has 0 radical (unpaired) electrons. The van der Waals surface area contributed by atoms with E-state index < -0.39 is 10.4 Å². The number of rotatable bonds is 21. The minimum Gasteiger partial charge on any atom is -0.264 e. The summed E-state index contributed by atoms with van der Waals surface area (Å²) >= 11 is 0. The highest BCUT2D eigenvalue weighted by atomic mass is 32.3. The third kappa shape index (κ3) is 22.0. The van der Waals surface area contributed by atoms with E-state index in [9.17, 15) is 8.42 Å². The fourth-order valence-electron chi connectivity index (χ4n) is 3.63. The first-order valence-corrected chi connectivity index (χ1v) is 13.0. The molecule has 0 aliphatic rings. The van der Waals surface area contributed by atoms with E-state index in [4.69, 9.17) is 4.55 Å². The van der Waals surface area contributed by atoms with Crippen LogP contribution in [0.4, 0.5) is 0 Å². The van der Waals surface area contributed by atoms with Crippen molar-refractivity contribution in [3.63, 3.8) is 0 Å². The maximum Gasteiger partial charge on any atom is 0.397 e. The summed E-state index contributed by atoms with van der Waals surface area (Å²) < 4.78 is 35.2. The molecule has 0 aromatic rings. The van der Waals surface area contributed by atoms with Crippen LogP contribution in [0.5, 0.6) is 0 Å². The predicted octanol–water partition coefficient (Wildman–Crippen LogP) is 7.48. The third-order valence-electron chi connectivity index (χ3n) is 5.38. The van der Waals surface area contributed by atoms with Crippen LogP contribution in [0.3, 0.4) is 0 Å². The number of hydrogen-bond acceptors (Lipinski definition) is 3. The van der Waals surface area contributed by atoms with Crippen molar-refractivity contribution >= 4 is 10.4 Å². The molecular formula is C22H46O4S. The summed E-state index contributed by atoms with van der Waals surface area (Å²) in [5.41, 5.74) is 0. The average molecular weight is 407 g/mol. The van der Waals surface area contributed by atoms with Crippen LogP contribution in [0, 0.1) is 5.92 Å². The normalized spacial score (nSPS) is 13.1. The van der Waals surface area contributed by atoms with Gasteiger partial charge in [0.15, 0.2) is 0 Å². The molecule has 164 valence electrons. The maximum absolute atomic E-state index is 10.9. The third-order valence-corrected chi connectivity index (χ3v) is 5.82. The van der Waals surface area contributed by atoms with Gasteiger partial charge in [-0.2, -0.15) is 8.42 Å². The molecule has 4 nitrogen and oxygen atoms in total. The summed E-state index contributed by atoms with van der Waals surface area (Å²) in [5, 5.41) is 0. The molecule has 27 heavy (non-hydrogen) atoms. The van der Waals surface area contributed by atoms with Gasteiger partial charge < -0.3 is 0 Å². The Bertz CT molecular complexity index is 395. The molecule has 0 aliphatic heterocycles. The molecule has 0 bridgehead atoms. The predicted molar refractivity (Wildman–Crippen MR) is 115 cm³/mol. The van der Waals surface area contributed by atoms with Gasteiger partial charge in [0.2, 0.25) is 0 Å². The zero-order chi connectivity index (χ0) is 20.2. The minimum absolute atomic E-state index is 0.131. The lowest BCUT2D eigenvalue weighted by Gasteiger charge is -2.16. The molecule has 0 saturated carbocycles. The summed E-state index contributed by atoms with van der Waals surface area (Å²) in [4.78, 5) is 0. The van der Waals surface area contributed by atoms with E-state index >= 15 is 0 Å². The van der Waals surface area contributed by atoms with Crippen molar-refractivity contribution < 1.29 is 17.2 Å². The molecule has 1 N–H and O–H groups in total. The second-order valence-corrected chi connectivity index (χ2v) is 9.20. The summed E-state index contributed by atoms with van der Waals surface area (Å²) in [5.74, 6) is 0.243. The molecule has 0 spiro atoms. The zero-order valence-electron chi connectivity index (χ0n) is 18.1. The first-order valence-electron chi connectivity index (χ1n) is 11.6. The van der Waals surface area contributed by atoms with Crippen LogP contribution >= 0.6 is 0 Å². The van der Waals surface area contributed by atoms with Gasteiger partial charge in [-0.1, -0.05) is 117 Å². The average Bonchev–Trinajstić information content (AvgIpc) is 2.62. The molecule has 1 atom stereocenters. The van der Waals surface area contributed by atoms with Crippen molar-refractivity contribution in [2.45, 2.75) is 129 Å². The zero-order valence-corrected chi connectivity index (χ0v) is 18.9. The Balaban J connectivity index is 3.82. The summed E-state index contributed by atoms with van der Waals surface area (Å²) in [7, 11) is -4.32. The highest BCUT2D eigenvalue weighted by Gasteiger charge is 2.13. The van der Waals surface area contributed by atoms with Crippen molar-refractivity contribution in [3.05, 3.63) is 0 Å². The Morgan fingerprint density at radius 1 is 0.630 bits per heavy atom. The lowest BCUT2D eigenvalue weighted by molar-refractivity contribution is 0.204. The Hall–Kier alpha value is -0.130. The van der Waals surface area contributed by atoms with Crippen molar-refractivity contribution in [1.82, 2.24) is 0 Å². The molecule has 5 heteroatoms. The van der Waals surface area contributed by atoms with E-state index in [-0.39, 0.29) is 12.5 Å². The topological polar surface area (TPSA) is 63.6 Å². The summed E-state index contributed by atoms with van der Waals surface area (Å²) in [6.45, 7) is 4.60. The summed E-state index contributed by atoms with van der Waals surface area (Å²) in [6, 6.07) is 0. The van der Waals surface area contributed by atoms with Crippen molar-refractivity contribution in [1.29, 1.82) is 0 Å². The Kier molecular flexibility index (Phi) is 19.1. The smallest absolute Gasteiger partial charge is 0.264 e. The minimum atomic E-state index is -4.32. The fourth-order valence-corrected chi connectivity index (χ4v) is 3.99. The van der Waals surface area contributed by atoms with Gasteiger partial charge in [0.05, 0.1) is 6.61 Å². The van der Waals surface area contributed by atoms with Gasteiger partial charge in [0, 0.05) is 0 Å². The van der Waals surface area contributed by atoms with E-state index in [1.807, 2.05) is 0 Å². The van der Waals surface area contributed by atoms with E-state index in [1.54, 1.807) is 0 Å². The molecule has 0 fully saturated rings. The van der Waals surface area contributed by atoms with Crippen molar-refractivity contribution in [3.8, 4) is 0 Å². The Morgan fingerprint density at radius 2 is 0.963 bits per heavy atom. The molecule has 0 rings (SSSR count). The molecule has 0 aromatic heterocycles. The first kappa shape index (κ1) is 26.9. The van der Waals surface area contributed by atoms with E-state index in [1.165, 1.54) is 89.9 Å². The second-order valence-electron chi connectivity index (χ2n) is 8.11. The van der Waals surface area contributed by atoms with Crippen molar-refractivity contribution in [2.24, 2.45) is 5.92 Å². The van der Waals surface area contributed by atoms with Crippen LogP contribution in [0.25, 0.3) is 0 Å². The van der Waals surface area contributed by atoms with Crippen LogP contribution in [-0.4, -0.2) is 19.6 Å². The molecule has 1 unspecified atom stereocenters. The highest BCUT2D eigenvalue weighted by molar-refractivity contribution is 7.80. The lowest BCUT2D eigenvalue weighted by Crippen LogP contribution is -2.14.